The SMILES string of the molecule is O=C(CCCCCn1c2ccccc2c(=O)c2cc(Br)ccc21)ON1C(=O)CCC1=O. The van der Waals surface area contributed by atoms with E-state index in [0.717, 1.165) is 28.3 Å². The number of nitrogens with zero attached hydrogens (tertiary/aromatic N) is 2. The fraction of sp³-hybridized carbons (Fsp3) is 0.304. The first-order valence-corrected chi connectivity index (χ1v) is 11.0. The number of rotatable bonds is 7. The minimum absolute atomic E-state index is 0.0110. The van der Waals surface area contributed by atoms with Gasteiger partial charge in [0.15, 0.2) is 5.43 Å². The van der Waals surface area contributed by atoms with Crippen molar-refractivity contribution in [3.63, 3.8) is 0 Å². The predicted octanol–water partition coefficient (Wildman–Crippen LogP) is 4.08. The third-order valence-corrected chi connectivity index (χ3v) is 5.89. The second-order valence-electron chi connectivity index (χ2n) is 7.52. The number of carbonyl (C=O) groups is 3. The highest BCUT2D eigenvalue weighted by atomic mass is 79.9. The Morgan fingerprint density at radius 3 is 2.39 bits per heavy atom. The zero-order valence-corrected chi connectivity index (χ0v) is 18.4. The van der Waals surface area contributed by atoms with Gasteiger partial charge in [-0.1, -0.05) is 34.5 Å². The number of aromatic nitrogens is 1. The van der Waals surface area contributed by atoms with Crippen molar-refractivity contribution >= 4 is 55.5 Å². The van der Waals surface area contributed by atoms with Gasteiger partial charge >= 0.3 is 5.97 Å². The van der Waals surface area contributed by atoms with E-state index < -0.39 is 17.8 Å². The van der Waals surface area contributed by atoms with Crippen molar-refractivity contribution < 1.29 is 19.2 Å². The largest absolute Gasteiger partial charge is 0.340 e. The molecule has 0 radical (unpaired) electrons. The molecule has 8 heteroatoms. The van der Waals surface area contributed by atoms with Crippen molar-refractivity contribution in [1.29, 1.82) is 0 Å². The maximum absolute atomic E-state index is 12.9. The molecule has 1 aromatic heterocycles. The van der Waals surface area contributed by atoms with Gasteiger partial charge in [-0.2, -0.15) is 0 Å². The van der Waals surface area contributed by atoms with Crippen LogP contribution in [0.1, 0.15) is 38.5 Å². The Morgan fingerprint density at radius 2 is 1.61 bits per heavy atom. The summed E-state index contributed by atoms with van der Waals surface area (Å²) in [4.78, 5) is 52.7. The minimum atomic E-state index is -0.576. The molecule has 0 aliphatic carbocycles. The normalized spacial score (nSPS) is 14.0. The number of hydroxylamine groups is 2. The predicted molar refractivity (Wildman–Crippen MR) is 119 cm³/mol. The average molecular weight is 485 g/mol. The molecule has 0 spiro atoms. The van der Waals surface area contributed by atoms with Gasteiger partial charge < -0.3 is 9.40 Å². The van der Waals surface area contributed by atoms with Crippen molar-refractivity contribution in [3.05, 3.63) is 57.2 Å². The molecule has 1 aliphatic heterocycles. The summed E-state index contributed by atoms with van der Waals surface area (Å²) < 4.78 is 2.99. The van der Waals surface area contributed by atoms with E-state index in [-0.39, 0.29) is 24.7 Å². The molecular weight excluding hydrogens is 464 g/mol. The molecule has 2 amide bonds. The number of halogens is 1. The summed E-state index contributed by atoms with van der Waals surface area (Å²) >= 11 is 3.44. The molecule has 2 aromatic carbocycles. The van der Waals surface area contributed by atoms with Crippen molar-refractivity contribution in [2.75, 3.05) is 0 Å². The second kappa shape index (κ2) is 9.01. The van der Waals surface area contributed by atoms with Crippen LogP contribution in [0, 0.1) is 0 Å². The van der Waals surface area contributed by atoms with Gasteiger partial charge in [-0.25, -0.2) is 4.79 Å². The summed E-state index contributed by atoms with van der Waals surface area (Å²) in [6.07, 6.45) is 2.45. The van der Waals surface area contributed by atoms with Crippen LogP contribution in [0.3, 0.4) is 0 Å². The average Bonchev–Trinajstić information content (AvgIpc) is 3.07. The lowest BCUT2D eigenvalue weighted by molar-refractivity contribution is -0.197. The highest BCUT2D eigenvalue weighted by Crippen LogP contribution is 2.23. The van der Waals surface area contributed by atoms with Crippen LogP contribution in [0.2, 0.25) is 0 Å². The molecule has 1 aliphatic rings. The zero-order chi connectivity index (χ0) is 22.0. The van der Waals surface area contributed by atoms with Gasteiger partial charge in [0, 0.05) is 41.1 Å². The summed E-state index contributed by atoms with van der Waals surface area (Å²) in [6.45, 7) is 0.692. The van der Waals surface area contributed by atoms with E-state index in [9.17, 15) is 19.2 Å². The maximum Gasteiger partial charge on any atom is 0.333 e. The molecule has 3 aromatic rings. The Morgan fingerprint density at radius 1 is 0.903 bits per heavy atom. The number of para-hydroxylation sites is 1. The lowest BCUT2D eigenvalue weighted by Crippen LogP contribution is -2.31. The summed E-state index contributed by atoms with van der Waals surface area (Å²) in [6, 6.07) is 13.3. The zero-order valence-electron chi connectivity index (χ0n) is 16.8. The van der Waals surface area contributed by atoms with Crippen LogP contribution in [-0.4, -0.2) is 27.4 Å². The van der Waals surface area contributed by atoms with Gasteiger partial charge in [0.05, 0.1) is 11.0 Å². The van der Waals surface area contributed by atoms with Crippen molar-refractivity contribution in [1.82, 2.24) is 9.63 Å². The number of aryl methyl sites for hydroxylation is 1. The number of pyridine rings is 1. The van der Waals surface area contributed by atoms with Crippen LogP contribution in [0.25, 0.3) is 21.8 Å². The number of hydrogen-bond donors (Lipinski definition) is 0. The summed E-state index contributed by atoms with van der Waals surface area (Å²) in [5, 5.41) is 1.92. The number of carbonyl (C=O) groups excluding carboxylic acids is 3. The van der Waals surface area contributed by atoms with Crippen molar-refractivity contribution in [2.45, 2.75) is 45.1 Å². The Labute approximate surface area is 186 Å². The lowest BCUT2D eigenvalue weighted by atomic mass is 10.1. The third-order valence-electron chi connectivity index (χ3n) is 5.39. The third kappa shape index (κ3) is 4.39. The van der Waals surface area contributed by atoms with E-state index >= 15 is 0 Å². The molecule has 7 nitrogen and oxygen atoms in total. The van der Waals surface area contributed by atoms with Gasteiger partial charge in [0.2, 0.25) is 0 Å². The first-order valence-electron chi connectivity index (χ1n) is 10.2. The molecule has 160 valence electrons. The number of amides is 2. The van der Waals surface area contributed by atoms with Crippen LogP contribution >= 0.6 is 15.9 Å². The topological polar surface area (TPSA) is 85.7 Å². The number of benzene rings is 2. The Hall–Kier alpha value is -3.00. The summed E-state index contributed by atoms with van der Waals surface area (Å²) in [5.74, 6) is -1.52. The van der Waals surface area contributed by atoms with Crippen LogP contribution in [0.5, 0.6) is 0 Å². The number of imide groups is 1. The number of hydrogen-bond acceptors (Lipinski definition) is 5. The highest BCUT2D eigenvalue weighted by Gasteiger charge is 2.32. The quantitative estimate of drug-likeness (QED) is 0.286. The molecule has 2 heterocycles. The van der Waals surface area contributed by atoms with Crippen LogP contribution in [0.15, 0.2) is 51.7 Å². The molecular formula is C23H21BrN2O5. The molecule has 0 saturated carbocycles. The Bertz CT molecular complexity index is 1230. The van der Waals surface area contributed by atoms with Gasteiger partial charge in [0.1, 0.15) is 0 Å². The Balaban J connectivity index is 1.41. The van der Waals surface area contributed by atoms with Gasteiger partial charge in [0.25, 0.3) is 11.8 Å². The number of unbranched alkanes of at least 4 members (excludes halogenated alkanes) is 2. The second-order valence-corrected chi connectivity index (χ2v) is 8.43. The fourth-order valence-electron chi connectivity index (χ4n) is 3.86. The molecule has 0 unspecified atom stereocenters. The van der Waals surface area contributed by atoms with Crippen LogP contribution in [-0.2, 0) is 25.8 Å². The fourth-order valence-corrected chi connectivity index (χ4v) is 4.22. The maximum atomic E-state index is 12.9. The van der Waals surface area contributed by atoms with Crippen molar-refractivity contribution in [3.8, 4) is 0 Å². The lowest BCUT2D eigenvalue weighted by Gasteiger charge is -2.15. The van der Waals surface area contributed by atoms with E-state index in [1.807, 2.05) is 42.5 Å². The highest BCUT2D eigenvalue weighted by molar-refractivity contribution is 9.10. The van der Waals surface area contributed by atoms with Gasteiger partial charge in [-0.05, 0) is 43.2 Å². The monoisotopic (exact) mass is 484 g/mol. The standard InChI is InChI=1S/C23H21BrN2O5/c24-15-9-10-19-17(14-15)23(30)16-6-3-4-7-18(16)25(19)13-5-1-2-8-22(29)31-26-20(27)11-12-21(26)28/h3-4,6-7,9-10,14H,1-2,5,8,11-13H2. The molecule has 1 saturated heterocycles. The van der Waals surface area contributed by atoms with Gasteiger partial charge in [-0.15, -0.1) is 5.06 Å². The van der Waals surface area contributed by atoms with Gasteiger partial charge in [-0.3, -0.25) is 14.4 Å². The van der Waals surface area contributed by atoms with E-state index in [1.54, 1.807) is 0 Å². The van der Waals surface area contributed by atoms with Crippen LogP contribution < -0.4 is 5.43 Å². The number of fused-ring (bicyclic) bond motifs is 2. The summed E-state index contributed by atoms with van der Waals surface area (Å²) in [7, 11) is 0. The van der Waals surface area contributed by atoms with E-state index in [0.29, 0.717) is 28.8 Å². The smallest absolute Gasteiger partial charge is 0.333 e. The summed E-state index contributed by atoms with van der Waals surface area (Å²) in [5.41, 5.74) is 1.77. The first-order chi connectivity index (χ1) is 15.0. The molecule has 0 atom stereocenters. The van der Waals surface area contributed by atoms with Crippen molar-refractivity contribution in [2.24, 2.45) is 0 Å². The molecule has 1 fully saturated rings. The van der Waals surface area contributed by atoms with E-state index in [2.05, 4.69) is 20.5 Å². The minimum Gasteiger partial charge on any atom is -0.340 e. The van der Waals surface area contributed by atoms with Crippen LogP contribution in [0.4, 0.5) is 0 Å². The molecule has 31 heavy (non-hydrogen) atoms. The molecule has 4 rings (SSSR count). The molecule has 0 bridgehead atoms. The van der Waals surface area contributed by atoms with E-state index in [4.69, 9.17) is 4.84 Å². The van der Waals surface area contributed by atoms with E-state index in [1.165, 1.54) is 0 Å². The Kier molecular flexibility index (Phi) is 6.18. The first kappa shape index (κ1) is 21.2. The molecule has 0 N–H and O–H groups in total.